The van der Waals surface area contributed by atoms with Crippen LogP contribution < -0.4 is 4.72 Å². The van der Waals surface area contributed by atoms with E-state index in [1.54, 1.807) is 17.5 Å². The number of morpholine rings is 1. The Bertz CT molecular complexity index is 1030. The molecule has 1 amide bonds. The lowest BCUT2D eigenvalue weighted by Crippen LogP contribution is -2.51. The Labute approximate surface area is 187 Å². The SMILES string of the molecule is Cc1ncc2c(c1CNS(=O)(=O)c1cccs1)CCN(C(=O)[C@H](C)N1CCOCC1)C2. The number of thiophene rings is 1. The molecule has 0 spiro atoms. The maximum absolute atomic E-state index is 13.1. The Morgan fingerprint density at radius 3 is 2.81 bits per heavy atom. The maximum Gasteiger partial charge on any atom is 0.250 e. The molecule has 1 atom stereocenters. The fraction of sp³-hybridized carbons (Fsp3) is 0.524. The summed E-state index contributed by atoms with van der Waals surface area (Å²) < 4.78 is 33.5. The summed E-state index contributed by atoms with van der Waals surface area (Å²) in [5, 5.41) is 1.75. The Kier molecular flexibility index (Phi) is 6.73. The zero-order valence-corrected chi connectivity index (χ0v) is 19.5. The Morgan fingerprint density at radius 2 is 2.10 bits per heavy atom. The van der Waals surface area contributed by atoms with Crippen LogP contribution in [0.15, 0.2) is 27.9 Å². The normalized spacial score (nSPS) is 18.6. The van der Waals surface area contributed by atoms with Crippen LogP contribution in [0.1, 0.15) is 29.3 Å². The highest BCUT2D eigenvalue weighted by Crippen LogP contribution is 2.26. The quantitative estimate of drug-likeness (QED) is 0.697. The Balaban J connectivity index is 1.47. The molecule has 1 N–H and O–H groups in total. The van der Waals surface area contributed by atoms with Crippen molar-refractivity contribution in [3.05, 3.63) is 46.1 Å². The van der Waals surface area contributed by atoms with Crippen LogP contribution in [0.2, 0.25) is 0 Å². The third kappa shape index (κ3) is 4.83. The van der Waals surface area contributed by atoms with Gasteiger partial charge in [0.15, 0.2) is 0 Å². The smallest absolute Gasteiger partial charge is 0.250 e. The first kappa shape index (κ1) is 22.3. The van der Waals surface area contributed by atoms with Crippen LogP contribution in [0, 0.1) is 6.92 Å². The fourth-order valence-corrected chi connectivity index (χ4v) is 6.22. The number of hydrogen-bond acceptors (Lipinski definition) is 7. The molecule has 1 fully saturated rings. The molecular formula is C21H28N4O4S2. The lowest BCUT2D eigenvalue weighted by atomic mass is 9.94. The van der Waals surface area contributed by atoms with E-state index in [1.807, 2.05) is 24.9 Å². The fourth-order valence-electron chi connectivity index (χ4n) is 4.18. The van der Waals surface area contributed by atoms with Crippen LogP contribution in [0.25, 0.3) is 0 Å². The van der Waals surface area contributed by atoms with Crippen LogP contribution in [-0.4, -0.2) is 68.0 Å². The number of sulfonamides is 1. The van der Waals surface area contributed by atoms with Gasteiger partial charge in [-0.3, -0.25) is 14.7 Å². The summed E-state index contributed by atoms with van der Waals surface area (Å²) in [5.74, 6) is 0.119. The van der Waals surface area contributed by atoms with Gasteiger partial charge in [0, 0.05) is 44.6 Å². The first-order valence-corrected chi connectivity index (χ1v) is 12.8. The molecule has 168 valence electrons. The number of nitrogens with one attached hydrogen (secondary N) is 1. The number of aromatic nitrogens is 1. The van der Waals surface area contributed by atoms with Crippen LogP contribution in [0.4, 0.5) is 0 Å². The van der Waals surface area contributed by atoms with E-state index in [0.29, 0.717) is 36.9 Å². The van der Waals surface area contributed by atoms with E-state index in [0.717, 1.165) is 35.5 Å². The number of fused-ring (bicyclic) bond motifs is 1. The monoisotopic (exact) mass is 464 g/mol. The van der Waals surface area contributed by atoms with Gasteiger partial charge in [-0.1, -0.05) is 6.07 Å². The number of pyridine rings is 1. The first-order valence-electron chi connectivity index (χ1n) is 10.5. The van der Waals surface area contributed by atoms with Crippen molar-refractivity contribution in [2.45, 2.75) is 43.6 Å². The molecule has 31 heavy (non-hydrogen) atoms. The molecule has 0 aliphatic carbocycles. The molecule has 0 unspecified atom stereocenters. The summed E-state index contributed by atoms with van der Waals surface area (Å²) in [6.45, 7) is 8.03. The Hall–Kier alpha value is -1.85. The van der Waals surface area contributed by atoms with E-state index in [-0.39, 0.29) is 18.5 Å². The van der Waals surface area contributed by atoms with Crippen LogP contribution >= 0.6 is 11.3 Å². The van der Waals surface area contributed by atoms with Gasteiger partial charge in [-0.25, -0.2) is 13.1 Å². The molecule has 2 aromatic heterocycles. The number of amides is 1. The van der Waals surface area contributed by atoms with Gasteiger partial charge >= 0.3 is 0 Å². The van der Waals surface area contributed by atoms with Crippen molar-refractivity contribution in [3.63, 3.8) is 0 Å². The molecule has 0 radical (unpaired) electrons. The van der Waals surface area contributed by atoms with Crippen LogP contribution in [0.3, 0.4) is 0 Å². The lowest BCUT2D eigenvalue weighted by Gasteiger charge is -2.37. The van der Waals surface area contributed by atoms with Crippen molar-refractivity contribution in [2.24, 2.45) is 0 Å². The molecule has 4 rings (SSSR count). The zero-order valence-electron chi connectivity index (χ0n) is 17.8. The standard InChI is InChI=1S/C21H28N4O4S2/c1-15-19(13-23-31(27,28)20-4-3-11-30-20)18-5-6-25(14-17(18)12-22-15)21(26)16(2)24-7-9-29-10-8-24/h3-4,11-12,16,23H,5-10,13-14H2,1-2H3/t16-/m0/s1. The van der Waals surface area contributed by atoms with Crippen molar-refractivity contribution < 1.29 is 17.9 Å². The third-order valence-corrected chi connectivity index (χ3v) is 8.86. The second-order valence-corrected chi connectivity index (χ2v) is 10.9. The number of nitrogens with zero attached hydrogens (tertiary/aromatic N) is 3. The van der Waals surface area contributed by atoms with Gasteiger partial charge in [0.25, 0.3) is 0 Å². The average Bonchev–Trinajstić information content (AvgIpc) is 3.34. The molecule has 4 heterocycles. The topological polar surface area (TPSA) is 91.8 Å². The summed E-state index contributed by atoms with van der Waals surface area (Å²) in [7, 11) is -3.55. The van der Waals surface area contributed by atoms with Crippen molar-refractivity contribution in [1.29, 1.82) is 0 Å². The van der Waals surface area contributed by atoms with Gasteiger partial charge in [-0.15, -0.1) is 11.3 Å². The minimum absolute atomic E-state index is 0.119. The summed E-state index contributed by atoms with van der Waals surface area (Å²) in [6, 6.07) is 3.14. The largest absolute Gasteiger partial charge is 0.379 e. The molecule has 8 nitrogen and oxygen atoms in total. The van der Waals surface area contributed by atoms with Crippen molar-refractivity contribution >= 4 is 27.3 Å². The van der Waals surface area contributed by atoms with Crippen molar-refractivity contribution in [3.8, 4) is 0 Å². The van der Waals surface area contributed by atoms with Crippen molar-refractivity contribution in [2.75, 3.05) is 32.8 Å². The average molecular weight is 465 g/mol. The molecule has 10 heteroatoms. The second kappa shape index (κ2) is 9.33. The van der Waals surface area contributed by atoms with Gasteiger partial charge in [-0.05, 0) is 48.4 Å². The summed E-state index contributed by atoms with van der Waals surface area (Å²) >= 11 is 1.19. The zero-order chi connectivity index (χ0) is 22.0. The highest BCUT2D eigenvalue weighted by Gasteiger charge is 2.30. The predicted molar refractivity (Wildman–Crippen MR) is 118 cm³/mol. The number of carbonyl (C=O) groups is 1. The minimum Gasteiger partial charge on any atom is -0.379 e. The first-order chi connectivity index (χ1) is 14.9. The van der Waals surface area contributed by atoms with Gasteiger partial charge < -0.3 is 9.64 Å². The maximum atomic E-state index is 13.1. The van der Waals surface area contributed by atoms with E-state index in [4.69, 9.17) is 4.74 Å². The molecule has 0 aromatic carbocycles. The van der Waals surface area contributed by atoms with Crippen molar-refractivity contribution in [1.82, 2.24) is 19.5 Å². The number of ether oxygens (including phenoxy) is 1. The molecule has 1 saturated heterocycles. The molecule has 2 aliphatic heterocycles. The summed E-state index contributed by atoms with van der Waals surface area (Å²) in [5.41, 5.74) is 3.81. The van der Waals surface area contributed by atoms with Gasteiger partial charge in [0.1, 0.15) is 4.21 Å². The number of rotatable bonds is 6. The van der Waals surface area contributed by atoms with Crippen LogP contribution in [-0.2, 0) is 39.1 Å². The van der Waals surface area contributed by atoms with E-state index in [9.17, 15) is 13.2 Å². The third-order valence-electron chi connectivity index (χ3n) is 6.06. The lowest BCUT2D eigenvalue weighted by molar-refractivity contribution is -0.139. The number of aryl methyl sites for hydroxylation is 1. The van der Waals surface area contributed by atoms with Crippen LogP contribution in [0.5, 0.6) is 0 Å². The van der Waals surface area contributed by atoms with E-state index in [2.05, 4.69) is 14.6 Å². The molecule has 0 bridgehead atoms. The summed E-state index contributed by atoms with van der Waals surface area (Å²) in [6.07, 6.45) is 2.51. The van der Waals surface area contributed by atoms with E-state index < -0.39 is 10.0 Å². The van der Waals surface area contributed by atoms with Gasteiger partial charge in [-0.2, -0.15) is 0 Å². The highest BCUT2D eigenvalue weighted by atomic mass is 32.2. The van der Waals surface area contributed by atoms with E-state index in [1.165, 1.54) is 11.3 Å². The second-order valence-electron chi connectivity index (χ2n) is 7.92. The highest BCUT2D eigenvalue weighted by molar-refractivity contribution is 7.91. The van der Waals surface area contributed by atoms with E-state index >= 15 is 0 Å². The number of carbonyl (C=O) groups excluding carboxylic acids is 1. The molecular weight excluding hydrogens is 436 g/mol. The molecule has 0 saturated carbocycles. The Morgan fingerprint density at radius 1 is 1.32 bits per heavy atom. The summed E-state index contributed by atoms with van der Waals surface area (Å²) in [4.78, 5) is 21.6. The molecule has 2 aromatic rings. The number of hydrogen-bond donors (Lipinski definition) is 1. The van der Waals surface area contributed by atoms with Gasteiger partial charge in [0.05, 0.1) is 19.3 Å². The minimum atomic E-state index is -3.55. The molecule has 2 aliphatic rings. The predicted octanol–water partition coefficient (Wildman–Crippen LogP) is 1.54. The van der Waals surface area contributed by atoms with Gasteiger partial charge in [0.2, 0.25) is 15.9 Å².